The summed E-state index contributed by atoms with van der Waals surface area (Å²) in [6, 6.07) is -0.798. The highest BCUT2D eigenvalue weighted by Crippen LogP contribution is 2.38. The molecule has 0 radical (unpaired) electrons. The number of rotatable bonds is 48. The Bertz CT molecular complexity index is 1170. The summed E-state index contributed by atoms with van der Waals surface area (Å²) in [6.07, 6.45) is 58.6. The number of quaternary nitrogens is 1. The first-order chi connectivity index (χ1) is 30.5. The molecular formula is C54H103N2O6P. The van der Waals surface area contributed by atoms with Crippen LogP contribution < -0.4 is 10.2 Å². The lowest BCUT2D eigenvalue weighted by atomic mass is 10.0. The molecule has 0 fully saturated rings. The Labute approximate surface area is 390 Å². The van der Waals surface area contributed by atoms with Gasteiger partial charge in [-0.1, -0.05) is 229 Å². The van der Waals surface area contributed by atoms with E-state index >= 15 is 0 Å². The average molecular weight is 907 g/mol. The smallest absolute Gasteiger partial charge is 0.268 e. The number of allylic oxidation sites excluding steroid dienone is 8. The third-order valence-electron chi connectivity index (χ3n) is 11.8. The van der Waals surface area contributed by atoms with Crippen LogP contribution in [0.5, 0.6) is 0 Å². The highest BCUT2D eigenvalue weighted by Gasteiger charge is 2.24. The van der Waals surface area contributed by atoms with E-state index in [0.29, 0.717) is 23.9 Å². The lowest BCUT2D eigenvalue weighted by molar-refractivity contribution is -0.870. The molecule has 2 N–H and O–H groups in total. The zero-order chi connectivity index (χ0) is 46.4. The Kier molecular flexibility index (Phi) is 44.5. The molecule has 9 heteroatoms. The van der Waals surface area contributed by atoms with E-state index in [4.69, 9.17) is 9.05 Å². The van der Waals surface area contributed by atoms with Crippen molar-refractivity contribution in [1.82, 2.24) is 5.32 Å². The van der Waals surface area contributed by atoms with Crippen molar-refractivity contribution in [2.45, 2.75) is 251 Å². The predicted molar refractivity (Wildman–Crippen MR) is 270 cm³/mol. The Hall–Kier alpha value is -1.54. The Morgan fingerprint density at radius 2 is 0.968 bits per heavy atom. The van der Waals surface area contributed by atoms with Crippen molar-refractivity contribution in [3.63, 3.8) is 0 Å². The first-order valence-corrected chi connectivity index (χ1v) is 27.9. The van der Waals surface area contributed by atoms with E-state index in [9.17, 15) is 19.4 Å². The fraction of sp³-hybridized carbons (Fsp3) is 0.833. The first-order valence-electron chi connectivity index (χ1n) is 26.5. The van der Waals surface area contributed by atoms with Gasteiger partial charge in [-0.3, -0.25) is 9.36 Å². The van der Waals surface area contributed by atoms with Crippen LogP contribution >= 0.6 is 7.82 Å². The average Bonchev–Trinajstić information content (AvgIpc) is 3.24. The molecule has 0 aliphatic heterocycles. The Morgan fingerprint density at radius 3 is 1.41 bits per heavy atom. The molecule has 0 spiro atoms. The fourth-order valence-corrected chi connectivity index (χ4v) is 8.40. The van der Waals surface area contributed by atoms with Gasteiger partial charge in [-0.2, -0.15) is 0 Å². The van der Waals surface area contributed by atoms with Crippen LogP contribution in [0.1, 0.15) is 239 Å². The van der Waals surface area contributed by atoms with Gasteiger partial charge in [0.2, 0.25) is 5.91 Å². The van der Waals surface area contributed by atoms with E-state index in [1.807, 2.05) is 21.1 Å². The number of nitrogens with zero attached hydrogens (tertiary/aromatic N) is 1. The summed E-state index contributed by atoms with van der Waals surface area (Å²) in [5.74, 6) is -0.165. The number of hydrogen-bond donors (Lipinski definition) is 2. The van der Waals surface area contributed by atoms with Crippen LogP contribution in [0, 0.1) is 0 Å². The minimum absolute atomic E-state index is 0.0125. The molecule has 0 aromatic carbocycles. The number of phosphoric ester groups is 1. The first kappa shape index (κ1) is 61.5. The maximum Gasteiger partial charge on any atom is 0.268 e. The van der Waals surface area contributed by atoms with Gasteiger partial charge >= 0.3 is 0 Å². The number of hydrogen-bond acceptors (Lipinski definition) is 6. The van der Waals surface area contributed by atoms with Gasteiger partial charge in [-0.15, -0.1) is 0 Å². The topological polar surface area (TPSA) is 108 Å². The molecule has 0 saturated heterocycles. The van der Waals surface area contributed by atoms with E-state index in [1.54, 1.807) is 0 Å². The highest BCUT2D eigenvalue weighted by atomic mass is 31.2. The molecule has 0 aromatic rings. The number of phosphoric acid groups is 1. The van der Waals surface area contributed by atoms with Crippen molar-refractivity contribution in [3.05, 3.63) is 48.6 Å². The van der Waals surface area contributed by atoms with E-state index in [0.717, 1.165) is 64.2 Å². The summed E-state index contributed by atoms with van der Waals surface area (Å²) in [5, 5.41) is 13.9. The minimum Gasteiger partial charge on any atom is -0.756 e. The molecule has 0 rings (SSSR count). The third kappa shape index (κ3) is 48.2. The summed E-state index contributed by atoms with van der Waals surface area (Å²) in [7, 11) is 1.31. The van der Waals surface area contributed by atoms with Crippen LogP contribution in [0.4, 0.5) is 0 Å². The van der Waals surface area contributed by atoms with Crippen molar-refractivity contribution in [1.29, 1.82) is 0 Å². The van der Waals surface area contributed by atoms with E-state index in [-0.39, 0.29) is 19.1 Å². The van der Waals surface area contributed by atoms with Crippen LogP contribution in [-0.4, -0.2) is 68.5 Å². The van der Waals surface area contributed by atoms with E-state index in [1.165, 1.54) is 148 Å². The predicted octanol–water partition coefficient (Wildman–Crippen LogP) is 15.0. The van der Waals surface area contributed by atoms with Crippen LogP contribution in [0.3, 0.4) is 0 Å². The van der Waals surface area contributed by atoms with Crippen LogP contribution in [-0.2, 0) is 18.4 Å². The summed E-state index contributed by atoms with van der Waals surface area (Å²) >= 11 is 0. The van der Waals surface area contributed by atoms with Gasteiger partial charge in [0.25, 0.3) is 7.82 Å². The normalized spacial score (nSPS) is 14.5. The van der Waals surface area contributed by atoms with E-state index in [2.05, 4.69) is 67.8 Å². The number of aliphatic hydroxyl groups excluding tert-OH is 1. The second-order valence-electron chi connectivity index (χ2n) is 19.2. The number of aliphatic hydroxyl groups is 1. The van der Waals surface area contributed by atoms with Gasteiger partial charge in [0, 0.05) is 6.42 Å². The van der Waals surface area contributed by atoms with Gasteiger partial charge in [0.05, 0.1) is 39.9 Å². The van der Waals surface area contributed by atoms with Crippen molar-refractivity contribution in [2.75, 3.05) is 40.9 Å². The summed E-state index contributed by atoms with van der Waals surface area (Å²) in [6.45, 7) is 4.60. The molecule has 0 saturated carbocycles. The maximum absolute atomic E-state index is 12.9. The fourth-order valence-electron chi connectivity index (χ4n) is 7.68. The zero-order valence-corrected chi connectivity index (χ0v) is 42.9. The molecule has 0 aliphatic carbocycles. The highest BCUT2D eigenvalue weighted by molar-refractivity contribution is 7.45. The quantitative estimate of drug-likeness (QED) is 0.0272. The van der Waals surface area contributed by atoms with Crippen LogP contribution in [0.25, 0.3) is 0 Å². The van der Waals surface area contributed by atoms with Gasteiger partial charge in [0.15, 0.2) is 0 Å². The number of likely N-dealkylation sites (N-methyl/N-ethyl adjacent to an activating group) is 1. The molecule has 3 atom stereocenters. The molecule has 0 aromatic heterocycles. The van der Waals surface area contributed by atoms with Crippen molar-refractivity contribution < 1.29 is 32.9 Å². The number of carbonyl (C=O) groups excluding carboxylic acids is 1. The third-order valence-corrected chi connectivity index (χ3v) is 12.8. The maximum atomic E-state index is 12.9. The van der Waals surface area contributed by atoms with Crippen molar-refractivity contribution >= 4 is 13.7 Å². The van der Waals surface area contributed by atoms with Crippen molar-refractivity contribution in [3.8, 4) is 0 Å². The molecule has 370 valence electrons. The summed E-state index contributed by atoms with van der Waals surface area (Å²) in [5.41, 5.74) is 0. The van der Waals surface area contributed by atoms with Gasteiger partial charge in [-0.25, -0.2) is 0 Å². The zero-order valence-electron chi connectivity index (χ0n) is 42.0. The van der Waals surface area contributed by atoms with Crippen LogP contribution in [0.15, 0.2) is 48.6 Å². The number of unbranched alkanes of at least 4 members (excludes halogenated alkanes) is 27. The largest absolute Gasteiger partial charge is 0.756 e. The molecule has 0 aliphatic rings. The molecule has 0 bridgehead atoms. The SMILES string of the molecule is CC/C=C\C/C=C\C/C=C\C/C=C\CCCCCCCCCCCCCCCCCCCCC(=O)NC(COP(=O)([O-])OCC[N+](C)(C)C)C(O)CCCCCCCCCCCC. The molecule has 0 heterocycles. The second-order valence-corrected chi connectivity index (χ2v) is 20.6. The second kappa shape index (κ2) is 45.6. The lowest BCUT2D eigenvalue weighted by Gasteiger charge is -2.30. The minimum atomic E-state index is -4.56. The summed E-state index contributed by atoms with van der Waals surface area (Å²) in [4.78, 5) is 25.4. The Balaban J connectivity index is 3.98. The summed E-state index contributed by atoms with van der Waals surface area (Å²) < 4.78 is 23.3. The molecule has 63 heavy (non-hydrogen) atoms. The van der Waals surface area contributed by atoms with Gasteiger partial charge in [0.1, 0.15) is 13.2 Å². The lowest BCUT2D eigenvalue weighted by Crippen LogP contribution is -2.46. The van der Waals surface area contributed by atoms with Gasteiger partial charge < -0.3 is 28.8 Å². The van der Waals surface area contributed by atoms with Gasteiger partial charge in [-0.05, 0) is 51.4 Å². The Morgan fingerprint density at radius 1 is 0.571 bits per heavy atom. The number of carbonyl (C=O) groups is 1. The number of nitrogens with one attached hydrogen (secondary N) is 1. The standard InChI is InChI=1S/C54H103N2O6P/c1-6-8-10-12-14-16-18-19-20-21-22-23-24-25-26-27-28-29-30-31-32-33-34-35-36-37-38-40-42-44-46-48-54(58)55-52(51-62-63(59,60)61-50-49-56(3,4)5)53(57)47-45-43-41-39-17-15-13-11-9-7-2/h8,10,14,16,19-20,22-23,52-53,57H,6-7,9,11-13,15,17-18,21,24-51H2,1-5H3,(H-,55,58,59,60)/b10-8-,16-14-,20-19-,23-22-. The number of amides is 1. The van der Waals surface area contributed by atoms with Crippen LogP contribution in [0.2, 0.25) is 0 Å². The molecule has 8 nitrogen and oxygen atoms in total. The molecule has 1 amide bonds. The van der Waals surface area contributed by atoms with E-state index < -0.39 is 20.0 Å². The monoisotopic (exact) mass is 907 g/mol. The van der Waals surface area contributed by atoms with Crippen molar-refractivity contribution in [2.24, 2.45) is 0 Å². The molecule has 3 unspecified atom stereocenters. The molecular weight excluding hydrogens is 804 g/mol.